The van der Waals surface area contributed by atoms with Crippen molar-refractivity contribution in [2.75, 3.05) is 19.7 Å². The van der Waals surface area contributed by atoms with Crippen LogP contribution in [-0.4, -0.2) is 45.8 Å². The van der Waals surface area contributed by atoms with Gasteiger partial charge in [-0.25, -0.2) is 12.8 Å². The SMILES string of the molecule is O=C(CC1CCN(I)C1)N1C(=O)OC[C@@H]1Cc1ccccc1. The summed E-state index contributed by atoms with van der Waals surface area (Å²) in [4.78, 5) is 25.8. The lowest BCUT2D eigenvalue weighted by Crippen LogP contribution is -2.41. The zero-order valence-electron chi connectivity index (χ0n) is 12.3. The van der Waals surface area contributed by atoms with Crippen LogP contribution in [0.2, 0.25) is 0 Å². The largest absolute Gasteiger partial charge is 0.447 e. The molecule has 5 nitrogen and oxygen atoms in total. The molecule has 22 heavy (non-hydrogen) atoms. The molecule has 0 saturated carbocycles. The maximum absolute atomic E-state index is 12.5. The number of rotatable bonds is 4. The second-order valence-electron chi connectivity index (χ2n) is 5.91. The molecule has 2 saturated heterocycles. The van der Waals surface area contributed by atoms with Crippen LogP contribution in [0.3, 0.4) is 0 Å². The van der Waals surface area contributed by atoms with Crippen molar-refractivity contribution >= 4 is 34.9 Å². The molecule has 1 aromatic rings. The van der Waals surface area contributed by atoms with Gasteiger partial charge in [0, 0.05) is 42.4 Å². The molecule has 2 atom stereocenters. The number of hydrogen-bond acceptors (Lipinski definition) is 4. The van der Waals surface area contributed by atoms with Crippen LogP contribution in [0.15, 0.2) is 30.3 Å². The summed E-state index contributed by atoms with van der Waals surface area (Å²) in [6.45, 7) is 2.22. The average molecular weight is 414 g/mol. The van der Waals surface area contributed by atoms with Gasteiger partial charge in [-0.2, -0.15) is 0 Å². The smallest absolute Gasteiger partial charge is 0.416 e. The van der Waals surface area contributed by atoms with Crippen LogP contribution in [-0.2, 0) is 16.0 Å². The first kappa shape index (κ1) is 15.7. The fourth-order valence-electron chi connectivity index (χ4n) is 3.10. The molecule has 3 rings (SSSR count). The molecule has 2 amide bonds. The van der Waals surface area contributed by atoms with E-state index in [0.717, 1.165) is 25.1 Å². The van der Waals surface area contributed by atoms with Crippen molar-refractivity contribution in [2.45, 2.75) is 25.3 Å². The summed E-state index contributed by atoms with van der Waals surface area (Å²) in [6, 6.07) is 9.73. The Balaban J connectivity index is 1.64. The van der Waals surface area contributed by atoms with Crippen molar-refractivity contribution in [1.82, 2.24) is 8.01 Å². The predicted molar refractivity (Wildman–Crippen MR) is 90.4 cm³/mol. The lowest BCUT2D eigenvalue weighted by atomic mass is 10.0. The molecule has 0 radical (unpaired) electrons. The van der Waals surface area contributed by atoms with E-state index in [-0.39, 0.29) is 11.9 Å². The average Bonchev–Trinajstić information content (AvgIpc) is 3.06. The summed E-state index contributed by atoms with van der Waals surface area (Å²) < 4.78 is 7.31. The Labute approximate surface area is 144 Å². The summed E-state index contributed by atoms with van der Waals surface area (Å²) in [5.41, 5.74) is 1.11. The van der Waals surface area contributed by atoms with Crippen molar-refractivity contribution in [3.63, 3.8) is 0 Å². The Kier molecular flexibility index (Phi) is 4.97. The Hall–Kier alpha value is -1.15. The van der Waals surface area contributed by atoms with Crippen LogP contribution in [0, 0.1) is 5.92 Å². The first-order chi connectivity index (χ1) is 10.6. The second-order valence-corrected chi connectivity index (χ2v) is 7.28. The van der Waals surface area contributed by atoms with Crippen LogP contribution in [0.5, 0.6) is 0 Å². The number of cyclic esters (lactones) is 1. The van der Waals surface area contributed by atoms with E-state index >= 15 is 0 Å². The van der Waals surface area contributed by atoms with Crippen LogP contribution < -0.4 is 0 Å². The molecule has 0 aromatic heterocycles. The van der Waals surface area contributed by atoms with Gasteiger partial charge in [0.25, 0.3) is 0 Å². The van der Waals surface area contributed by atoms with E-state index < -0.39 is 6.09 Å². The molecule has 2 aliphatic heterocycles. The van der Waals surface area contributed by atoms with Crippen LogP contribution >= 0.6 is 22.9 Å². The number of nitrogens with zero attached hydrogens (tertiary/aromatic N) is 2. The summed E-state index contributed by atoms with van der Waals surface area (Å²) in [5.74, 6) is 0.246. The van der Waals surface area contributed by atoms with Gasteiger partial charge in [-0.05, 0) is 24.3 Å². The van der Waals surface area contributed by atoms with Gasteiger partial charge in [-0.15, -0.1) is 0 Å². The van der Waals surface area contributed by atoms with Gasteiger partial charge < -0.3 is 4.74 Å². The molecule has 0 bridgehead atoms. The zero-order chi connectivity index (χ0) is 15.5. The minimum absolute atomic E-state index is 0.0971. The van der Waals surface area contributed by atoms with E-state index in [2.05, 4.69) is 26.0 Å². The molecule has 0 spiro atoms. The first-order valence-electron chi connectivity index (χ1n) is 7.57. The van der Waals surface area contributed by atoms with Crippen molar-refractivity contribution in [1.29, 1.82) is 0 Å². The van der Waals surface area contributed by atoms with E-state index in [1.807, 2.05) is 30.3 Å². The fraction of sp³-hybridized carbons (Fsp3) is 0.500. The lowest BCUT2D eigenvalue weighted by Gasteiger charge is -2.21. The number of imide groups is 1. The molecule has 118 valence electrons. The highest BCUT2D eigenvalue weighted by atomic mass is 127. The van der Waals surface area contributed by atoms with E-state index in [0.29, 0.717) is 25.4 Å². The van der Waals surface area contributed by atoms with Gasteiger partial charge >= 0.3 is 6.09 Å². The van der Waals surface area contributed by atoms with Gasteiger partial charge in [0.05, 0.1) is 6.04 Å². The van der Waals surface area contributed by atoms with E-state index in [4.69, 9.17) is 4.74 Å². The van der Waals surface area contributed by atoms with E-state index in [9.17, 15) is 9.59 Å². The van der Waals surface area contributed by atoms with Gasteiger partial charge in [0.2, 0.25) is 5.91 Å². The second kappa shape index (κ2) is 6.95. The minimum atomic E-state index is -0.491. The number of carbonyl (C=O) groups excluding carboxylic acids is 2. The Morgan fingerprint density at radius 2 is 2.09 bits per heavy atom. The number of halogens is 1. The lowest BCUT2D eigenvalue weighted by molar-refractivity contribution is -0.130. The molecule has 0 aliphatic carbocycles. The van der Waals surface area contributed by atoms with Crippen molar-refractivity contribution < 1.29 is 14.3 Å². The monoisotopic (exact) mass is 414 g/mol. The molecule has 2 fully saturated rings. The number of hydrogen-bond donors (Lipinski definition) is 0. The summed E-state index contributed by atoms with van der Waals surface area (Å²) >= 11 is 2.28. The first-order valence-corrected chi connectivity index (χ1v) is 8.53. The summed E-state index contributed by atoms with van der Waals surface area (Å²) in [6.07, 6.45) is 1.61. The third-order valence-corrected chi connectivity index (χ3v) is 5.12. The highest BCUT2D eigenvalue weighted by Gasteiger charge is 2.39. The number of carbonyl (C=O) groups is 2. The van der Waals surface area contributed by atoms with Gasteiger partial charge in [-0.1, -0.05) is 30.3 Å². The van der Waals surface area contributed by atoms with Crippen LogP contribution in [0.1, 0.15) is 18.4 Å². The quantitative estimate of drug-likeness (QED) is 0.562. The fourth-order valence-corrected chi connectivity index (χ4v) is 3.94. The predicted octanol–water partition coefficient (Wildman–Crippen LogP) is 2.64. The molecule has 1 aromatic carbocycles. The van der Waals surface area contributed by atoms with Crippen molar-refractivity contribution in [3.8, 4) is 0 Å². The highest BCUT2D eigenvalue weighted by Crippen LogP contribution is 2.25. The number of ether oxygens (including phenoxy) is 1. The maximum Gasteiger partial charge on any atom is 0.416 e. The topological polar surface area (TPSA) is 49.9 Å². The van der Waals surface area contributed by atoms with Crippen molar-refractivity contribution in [2.24, 2.45) is 5.92 Å². The van der Waals surface area contributed by atoms with E-state index in [1.165, 1.54) is 4.90 Å². The molecule has 6 heteroatoms. The minimum Gasteiger partial charge on any atom is -0.447 e. The number of amides is 2. The van der Waals surface area contributed by atoms with Crippen molar-refractivity contribution in [3.05, 3.63) is 35.9 Å². The van der Waals surface area contributed by atoms with Gasteiger partial charge in [0.15, 0.2) is 0 Å². The molecule has 0 N–H and O–H groups in total. The summed E-state index contributed by atoms with van der Waals surface area (Å²) in [5, 5.41) is 0. The Bertz CT molecular complexity index is 552. The molecular formula is C16H19IN2O3. The Morgan fingerprint density at radius 3 is 2.77 bits per heavy atom. The summed E-state index contributed by atoms with van der Waals surface area (Å²) in [7, 11) is 0. The van der Waals surface area contributed by atoms with Crippen LogP contribution in [0.25, 0.3) is 0 Å². The number of benzene rings is 1. The zero-order valence-corrected chi connectivity index (χ0v) is 14.4. The molecule has 1 unspecified atom stereocenters. The van der Waals surface area contributed by atoms with Gasteiger partial charge in [0.1, 0.15) is 6.61 Å². The standard InChI is InChI=1S/C16H19IN2O3/c17-18-7-6-13(10-18)9-15(20)19-14(11-22-16(19)21)8-12-4-2-1-3-5-12/h1-5,13-14H,6-11H2/t13?,14-/m0/s1. The third-order valence-electron chi connectivity index (χ3n) is 4.24. The normalized spacial score (nSPS) is 25.5. The maximum atomic E-state index is 12.5. The molecule has 2 heterocycles. The molecular weight excluding hydrogens is 395 g/mol. The Morgan fingerprint density at radius 1 is 1.32 bits per heavy atom. The van der Waals surface area contributed by atoms with Gasteiger partial charge in [-0.3, -0.25) is 4.79 Å². The highest BCUT2D eigenvalue weighted by molar-refractivity contribution is 14.1. The molecule has 2 aliphatic rings. The van der Waals surface area contributed by atoms with Crippen LogP contribution in [0.4, 0.5) is 4.79 Å². The van der Waals surface area contributed by atoms with E-state index in [1.54, 1.807) is 0 Å². The third kappa shape index (κ3) is 3.60.